The number of hydrogen-bond acceptors (Lipinski definition) is 7. The molecule has 0 unspecified atom stereocenters. The minimum Gasteiger partial charge on any atom is -0.494 e. The van der Waals surface area contributed by atoms with Crippen LogP contribution in [0.1, 0.15) is 26.2 Å². The van der Waals surface area contributed by atoms with Crippen molar-refractivity contribution in [3.8, 4) is 5.75 Å². The third-order valence-corrected chi connectivity index (χ3v) is 6.96. The Morgan fingerprint density at radius 3 is 2.39 bits per heavy atom. The van der Waals surface area contributed by atoms with Crippen LogP contribution in [0.25, 0.3) is 0 Å². The van der Waals surface area contributed by atoms with E-state index in [1.807, 2.05) is 6.92 Å². The van der Waals surface area contributed by atoms with Crippen molar-refractivity contribution in [3.63, 3.8) is 0 Å². The van der Waals surface area contributed by atoms with E-state index in [0.29, 0.717) is 12.4 Å². The molecule has 1 aliphatic heterocycles. The Bertz CT molecular complexity index is 883. The second-order valence-electron chi connectivity index (χ2n) is 6.61. The number of unbranched alkanes of at least 4 members (excludes halogenated alkanes) is 1. The molecule has 2 atom stereocenters. The summed E-state index contributed by atoms with van der Waals surface area (Å²) in [5.41, 5.74) is 0. The Balaban J connectivity index is 2.24. The van der Waals surface area contributed by atoms with Gasteiger partial charge in [0.05, 0.1) is 24.9 Å². The quantitative estimate of drug-likeness (QED) is 0.449. The van der Waals surface area contributed by atoms with Crippen LogP contribution in [0.2, 0.25) is 0 Å². The van der Waals surface area contributed by atoms with E-state index in [4.69, 9.17) is 9.47 Å². The zero-order chi connectivity index (χ0) is 20.9. The number of rotatable bonds is 9. The molecule has 1 N–H and O–H groups in total. The molecule has 0 aromatic heterocycles. The van der Waals surface area contributed by atoms with Gasteiger partial charge >= 0.3 is 5.97 Å². The molecule has 1 aliphatic rings. The third kappa shape index (κ3) is 5.66. The van der Waals surface area contributed by atoms with Crippen molar-refractivity contribution >= 4 is 26.0 Å². The summed E-state index contributed by atoms with van der Waals surface area (Å²) in [6, 6.07) is 4.10. The van der Waals surface area contributed by atoms with E-state index < -0.39 is 38.1 Å². The summed E-state index contributed by atoms with van der Waals surface area (Å²) in [5, 5.41) is 0. The van der Waals surface area contributed by atoms with E-state index in [0.717, 1.165) is 30.5 Å². The predicted molar refractivity (Wildman–Crippen MR) is 103 cm³/mol. The molecule has 1 heterocycles. The van der Waals surface area contributed by atoms with Crippen molar-refractivity contribution in [2.75, 3.05) is 26.5 Å². The first-order chi connectivity index (χ1) is 13.1. The number of carbonyl (C=O) groups is 1. The normalized spacial score (nSPS) is 20.8. The first-order valence-electron chi connectivity index (χ1n) is 8.88. The topological polar surface area (TPSA) is 119 Å². The maximum atomic E-state index is 13.0. The molecular weight excluding hydrogens is 408 g/mol. The molecule has 2 rings (SSSR count). The molecular formula is C17H26N2O7S2. The van der Waals surface area contributed by atoms with Gasteiger partial charge in [-0.25, -0.2) is 21.6 Å². The molecule has 1 aromatic rings. The van der Waals surface area contributed by atoms with Crippen LogP contribution in [-0.4, -0.2) is 65.7 Å². The van der Waals surface area contributed by atoms with Crippen molar-refractivity contribution < 1.29 is 31.1 Å². The standard InChI is InChI=1S/C17H26N2O7S2/c1-4-5-10-26-14-6-8-15(9-7-14)28(23,24)19-12-13(18-27(3,21)22)11-16(19)17(20)25-2/h6-9,13,16,18H,4-5,10-12H2,1-3H3/t13-,16+/m0/s1. The van der Waals surface area contributed by atoms with Crippen molar-refractivity contribution in [1.29, 1.82) is 0 Å². The Kier molecular flexibility index (Phi) is 7.43. The number of esters is 1. The van der Waals surface area contributed by atoms with E-state index in [1.165, 1.54) is 12.1 Å². The predicted octanol–water partition coefficient (Wildman–Crippen LogP) is 0.719. The van der Waals surface area contributed by atoms with Gasteiger partial charge in [-0.05, 0) is 37.1 Å². The van der Waals surface area contributed by atoms with Gasteiger partial charge in [-0.15, -0.1) is 0 Å². The van der Waals surface area contributed by atoms with Crippen molar-refractivity contribution in [2.24, 2.45) is 0 Å². The number of nitrogens with one attached hydrogen (secondary N) is 1. The fourth-order valence-corrected chi connectivity index (χ4v) is 5.40. The van der Waals surface area contributed by atoms with Gasteiger partial charge in [-0.1, -0.05) is 13.3 Å². The first kappa shape index (κ1) is 22.6. The highest BCUT2D eigenvalue weighted by molar-refractivity contribution is 7.89. The average Bonchev–Trinajstić information content (AvgIpc) is 3.04. The Hall–Kier alpha value is -1.69. The smallest absolute Gasteiger partial charge is 0.324 e. The van der Waals surface area contributed by atoms with E-state index in [2.05, 4.69) is 4.72 Å². The summed E-state index contributed by atoms with van der Waals surface area (Å²) in [4.78, 5) is 12.1. The molecule has 0 amide bonds. The highest BCUT2D eigenvalue weighted by atomic mass is 32.2. The number of carbonyl (C=O) groups excluding carboxylic acids is 1. The maximum absolute atomic E-state index is 13.0. The van der Waals surface area contributed by atoms with Crippen molar-refractivity contribution in [3.05, 3.63) is 24.3 Å². The highest BCUT2D eigenvalue weighted by Crippen LogP contribution is 2.28. The van der Waals surface area contributed by atoms with E-state index in [9.17, 15) is 21.6 Å². The van der Waals surface area contributed by atoms with Gasteiger partial charge in [0.1, 0.15) is 11.8 Å². The van der Waals surface area contributed by atoms with Gasteiger partial charge in [0.15, 0.2) is 0 Å². The second kappa shape index (κ2) is 9.21. The SMILES string of the molecule is CCCCOc1ccc(S(=O)(=O)N2C[C@@H](NS(C)(=O)=O)C[C@@H]2C(=O)OC)cc1. The Labute approximate surface area is 166 Å². The highest BCUT2D eigenvalue weighted by Gasteiger charge is 2.45. The lowest BCUT2D eigenvalue weighted by Crippen LogP contribution is -2.41. The van der Waals surface area contributed by atoms with Crippen molar-refractivity contribution in [1.82, 2.24) is 9.03 Å². The maximum Gasteiger partial charge on any atom is 0.324 e. The lowest BCUT2D eigenvalue weighted by Gasteiger charge is -2.22. The summed E-state index contributed by atoms with van der Waals surface area (Å²) in [7, 11) is -6.43. The van der Waals surface area contributed by atoms with E-state index in [-0.39, 0.29) is 17.9 Å². The third-order valence-electron chi connectivity index (χ3n) is 4.31. The molecule has 11 heteroatoms. The van der Waals surface area contributed by atoms with Gasteiger partial charge in [0.25, 0.3) is 0 Å². The summed E-state index contributed by atoms with van der Waals surface area (Å²) >= 11 is 0. The molecule has 0 bridgehead atoms. The molecule has 0 aliphatic carbocycles. The first-order valence-corrected chi connectivity index (χ1v) is 12.2. The molecule has 9 nitrogen and oxygen atoms in total. The van der Waals surface area contributed by atoms with Crippen LogP contribution < -0.4 is 9.46 Å². The van der Waals surface area contributed by atoms with Crippen LogP contribution in [-0.2, 0) is 29.6 Å². The second-order valence-corrected chi connectivity index (χ2v) is 10.3. The van der Waals surface area contributed by atoms with Crippen LogP contribution in [0, 0.1) is 0 Å². The lowest BCUT2D eigenvalue weighted by atomic mass is 10.2. The molecule has 158 valence electrons. The number of methoxy groups -OCH3 is 1. The number of sulfonamides is 2. The Morgan fingerprint density at radius 2 is 1.86 bits per heavy atom. The zero-order valence-corrected chi connectivity index (χ0v) is 17.8. The molecule has 1 fully saturated rings. The Morgan fingerprint density at radius 1 is 1.21 bits per heavy atom. The van der Waals surface area contributed by atoms with E-state index >= 15 is 0 Å². The molecule has 0 spiro atoms. The van der Waals surface area contributed by atoms with Crippen LogP contribution in [0.3, 0.4) is 0 Å². The fraction of sp³-hybridized carbons (Fsp3) is 0.588. The number of hydrogen-bond donors (Lipinski definition) is 1. The molecule has 1 aromatic carbocycles. The number of benzene rings is 1. The van der Waals surface area contributed by atoms with Crippen LogP contribution in [0.5, 0.6) is 5.75 Å². The fourth-order valence-electron chi connectivity index (χ4n) is 2.99. The zero-order valence-electron chi connectivity index (χ0n) is 16.1. The summed E-state index contributed by atoms with van der Waals surface area (Å²) in [5.74, 6) is -0.184. The lowest BCUT2D eigenvalue weighted by molar-refractivity contribution is -0.144. The van der Waals surface area contributed by atoms with Crippen LogP contribution in [0.4, 0.5) is 0 Å². The van der Waals surface area contributed by atoms with Crippen LogP contribution >= 0.6 is 0 Å². The average molecular weight is 435 g/mol. The molecule has 0 radical (unpaired) electrons. The number of nitrogens with zero attached hydrogens (tertiary/aromatic N) is 1. The van der Waals surface area contributed by atoms with Crippen LogP contribution in [0.15, 0.2) is 29.2 Å². The van der Waals surface area contributed by atoms with Gasteiger partial charge in [-0.3, -0.25) is 4.79 Å². The summed E-state index contributed by atoms with van der Waals surface area (Å²) in [6.45, 7) is 2.42. The van der Waals surface area contributed by atoms with Gasteiger partial charge in [-0.2, -0.15) is 4.31 Å². The minimum absolute atomic E-state index is 0.00279. The minimum atomic E-state index is -4.03. The molecule has 28 heavy (non-hydrogen) atoms. The monoisotopic (exact) mass is 434 g/mol. The van der Waals surface area contributed by atoms with Gasteiger partial charge in [0.2, 0.25) is 20.0 Å². The van der Waals surface area contributed by atoms with E-state index in [1.54, 1.807) is 12.1 Å². The molecule has 0 saturated carbocycles. The largest absolute Gasteiger partial charge is 0.494 e. The van der Waals surface area contributed by atoms with Crippen molar-refractivity contribution in [2.45, 2.75) is 43.2 Å². The molecule has 1 saturated heterocycles. The van der Waals surface area contributed by atoms with Gasteiger partial charge < -0.3 is 9.47 Å². The summed E-state index contributed by atoms with van der Waals surface area (Å²) < 4.78 is 62.7. The number of ether oxygens (including phenoxy) is 2. The van der Waals surface area contributed by atoms with Gasteiger partial charge in [0, 0.05) is 12.6 Å². The summed E-state index contributed by atoms with van der Waals surface area (Å²) in [6.07, 6.45) is 2.86.